The number of piperidine rings is 1. The molecule has 2 aromatic heterocycles. The quantitative estimate of drug-likeness (QED) is 0.863. The highest BCUT2D eigenvalue weighted by Gasteiger charge is 2.32. The number of hydrogen-bond donors (Lipinski definition) is 1. The number of aromatic nitrogens is 3. The second-order valence-electron chi connectivity index (χ2n) is 7.27. The molecule has 2 saturated heterocycles. The first kappa shape index (κ1) is 17.5. The van der Waals surface area contributed by atoms with E-state index in [1.165, 1.54) is 18.5 Å². The van der Waals surface area contributed by atoms with Crippen molar-refractivity contribution in [2.24, 2.45) is 5.92 Å². The molecule has 0 aromatic carbocycles. The highest BCUT2D eigenvalue weighted by molar-refractivity contribution is 5.38. The summed E-state index contributed by atoms with van der Waals surface area (Å²) in [5.74, 6) is 1.63. The van der Waals surface area contributed by atoms with E-state index < -0.39 is 0 Å². The molecular weight excluding hydrogens is 326 g/mol. The molecule has 26 heavy (non-hydrogen) atoms. The third-order valence-corrected chi connectivity index (χ3v) is 5.69. The van der Waals surface area contributed by atoms with Crippen LogP contribution in [-0.2, 0) is 11.3 Å². The topological polar surface area (TPSA) is 55.2 Å². The van der Waals surface area contributed by atoms with Crippen LogP contribution >= 0.6 is 0 Å². The van der Waals surface area contributed by atoms with Crippen LogP contribution in [0, 0.1) is 5.92 Å². The Morgan fingerprint density at radius 1 is 1.15 bits per heavy atom. The van der Waals surface area contributed by atoms with Crippen molar-refractivity contribution < 1.29 is 4.74 Å². The number of pyridine rings is 1. The molecule has 0 radical (unpaired) electrons. The van der Waals surface area contributed by atoms with Gasteiger partial charge in [-0.1, -0.05) is 6.07 Å². The zero-order valence-electron chi connectivity index (χ0n) is 15.6. The second kappa shape index (κ2) is 8.18. The molecule has 0 aliphatic carbocycles. The van der Waals surface area contributed by atoms with Gasteiger partial charge >= 0.3 is 0 Å². The van der Waals surface area contributed by atoms with E-state index >= 15 is 0 Å². The first-order valence-corrected chi connectivity index (χ1v) is 9.88. The Hall–Kier alpha value is -1.92. The number of hydrogen-bond acceptors (Lipinski definition) is 5. The van der Waals surface area contributed by atoms with Gasteiger partial charge in [-0.05, 0) is 44.4 Å². The molecule has 2 aromatic rings. The Kier molecular flexibility index (Phi) is 5.51. The fourth-order valence-electron chi connectivity index (χ4n) is 4.19. The van der Waals surface area contributed by atoms with Crippen LogP contribution in [0.2, 0.25) is 0 Å². The number of nitrogens with zero attached hydrogens (tertiary/aromatic N) is 4. The van der Waals surface area contributed by atoms with Crippen LogP contribution in [0.4, 0.5) is 5.82 Å². The monoisotopic (exact) mass is 355 g/mol. The van der Waals surface area contributed by atoms with E-state index in [0.717, 1.165) is 45.0 Å². The molecule has 2 fully saturated rings. The van der Waals surface area contributed by atoms with Gasteiger partial charge in [0, 0.05) is 57.1 Å². The summed E-state index contributed by atoms with van der Waals surface area (Å²) in [7, 11) is 0. The van der Waals surface area contributed by atoms with Crippen LogP contribution in [0.25, 0.3) is 0 Å². The predicted octanol–water partition coefficient (Wildman–Crippen LogP) is 2.63. The van der Waals surface area contributed by atoms with E-state index in [2.05, 4.69) is 50.1 Å². The fraction of sp³-hybridized carbons (Fsp3) is 0.600. The van der Waals surface area contributed by atoms with E-state index in [1.807, 2.05) is 18.5 Å². The van der Waals surface area contributed by atoms with Crippen molar-refractivity contribution in [2.75, 3.05) is 31.1 Å². The van der Waals surface area contributed by atoms with Crippen LogP contribution in [0.1, 0.15) is 38.0 Å². The van der Waals surface area contributed by atoms with Gasteiger partial charge < -0.3 is 15.0 Å². The van der Waals surface area contributed by atoms with Crippen molar-refractivity contribution in [3.63, 3.8) is 0 Å². The lowest BCUT2D eigenvalue weighted by Gasteiger charge is -2.34. The number of nitrogens with one attached hydrogen (secondary N) is 1. The van der Waals surface area contributed by atoms with Crippen molar-refractivity contribution in [3.05, 3.63) is 42.4 Å². The minimum Gasteiger partial charge on any atom is -0.372 e. The molecule has 6 nitrogen and oxygen atoms in total. The van der Waals surface area contributed by atoms with Crippen molar-refractivity contribution in [1.82, 2.24) is 20.1 Å². The smallest absolute Gasteiger partial charge is 0.128 e. The van der Waals surface area contributed by atoms with Gasteiger partial charge in [0.05, 0.1) is 5.69 Å². The molecule has 6 heteroatoms. The Morgan fingerprint density at radius 2 is 2.04 bits per heavy atom. The lowest BCUT2D eigenvalue weighted by molar-refractivity contribution is 0.0821. The maximum absolute atomic E-state index is 6.05. The largest absolute Gasteiger partial charge is 0.372 e. The van der Waals surface area contributed by atoms with Gasteiger partial charge in [-0.15, -0.1) is 0 Å². The average molecular weight is 355 g/mol. The Balaban J connectivity index is 1.28. The minimum absolute atomic E-state index is 0.179. The van der Waals surface area contributed by atoms with E-state index in [9.17, 15) is 0 Å². The van der Waals surface area contributed by atoms with E-state index in [4.69, 9.17) is 4.74 Å². The standard InChI is InChI=1S/C20H29N5O/c1-2-25-18(6-11-23-25)20-16(9-14-26-20)15-22-17-7-12-24(13-8-17)19-5-3-4-10-21-19/h3-6,10-11,16-17,20,22H,2,7-9,12-15H2,1H3/t16-,20+/m0/s1. The van der Waals surface area contributed by atoms with E-state index in [0.29, 0.717) is 12.0 Å². The third-order valence-electron chi connectivity index (χ3n) is 5.69. The van der Waals surface area contributed by atoms with Crippen molar-refractivity contribution in [3.8, 4) is 0 Å². The molecular formula is C20H29N5O. The Morgan fingerprint density at radius 3 is 2.81 bits per heavy atom. The molecule has 4 heterocycles. The molecule has 0 bridgehead atoms. The summed E-state index contributed by atoms with van der Waals surface area (Å²) < 4.78 is 8.11. The Labute approximate surface area is 155 Å². The highest BCUT2D eigenvalue weighted by Crippen LogP contribution is 2.34. The summed E-state index contributed by atoms with van der Waals surface area (Å²) in [5.41, 5.74) is 1.22. The lowest BCUT2D eigenvalue weighted by atomic mass is 9.97. The normalized spacial score (nSPS) is 24.3. The van der Waals surface area contributed by atoms with Crippen LogP contribution in [-0.4, -0.2) is 47.0 Å². The first-order chi connectivity index (χ1) is 12.8. The molecule has 0 amide bonds. The average Bonchev–Trinajstić information content (AvgIpc) is 3.36. The summed E-state index contributed by atoms with van der Waals surface area (Å²) in [6.07, 6.45) is 7.40. The van der Waals surface area contributed by atoms with Crippen LogP contribution < -0.4 is 10.2 Å². The number of aryl methyl sites for hydroxylation is 1. The third kappa shape index (κ3) is 3.76. The summed E-state index contributed by atoms with van der Waals surface area (Å²) in [6.45, 7) is 7.05. The maximum Gasteiger partial charge on any atom is 0.128 e. The molecule has 4 rings (SSSR count). The van der Waals surface area contributed by atoms with Crippen molar-refractivity contribution in [1.29, 1.82) is 0 Å². The maximum atomic E-state index is 6.05. The Bertz CT molecular complexity index is 681. The van der Waals surface area contributed by atoms with Crippen molar-refractivity contribution >= 4 is 5.82 Å². The SMILES string of the molecule is CCn1nccc1[C@@H]1OCC[C@H]1CNC1CCN(c2ccccn2)CC1. The highest BCUT2D eigenvalue weighted by atomic mass is 16.5. The number of anilines is 1. The molecule has 140 valence electrons. The first-order valence-electron chi connectivity index (χ1n) is 9.88. The number of rotatable bonds is 6. The van der Waals surface area contributed by atoms with Gasteiger partial charge in [-0.2, -0.15) is 5.10 Å². The summed E-state index contributed by atoms with van der Waals surface area (Å²) in [5, 5.41) is 8.21. The zero-order valence-corrected chi connectivity index (χ0v) is 15.6. The van der Waals surface area contributed by atoms with E-state index in [1.54, 1.807) is 0 Å². The fourth-order valence-corrected chi connectivity index (χ4v) is 4.19. The summed E-state index contributed by atoms with van der Waals surface area (Å²) in [6, 6.07) is 8.84. The molecule has 2 aliphatic heterocycles. The van der Waals surface area contributed by atoms with Gasteiger partial charge in [0.15, 0.2) is 0 Å². The molecule has 0 spiro atoms. The summed E-state index contributed by atoms with van der Waals surface area (Å²) >= 11 is 0. The zero-order chi connectivity index (χ0) is 17.8. The van der Waals surface area contributed by atoms with Gasteiger partial charge in [0.1, 0.15) is 11.9 Å². The molecule has 1 N–H and O–H groups in total. The molecule has 0 saturated carbocycles. The second-order valence-corrected chi connectivity index (χ2v) is 7.27. The number of ether oxygens (including phenoxy) is 1. The lowest BCUT2D eigenvalue weighted by Crippen LogP contribution is -2.44. The van der Waals surface area contributed by atoms with Gasteiger partial charge in [0.2, 0.25) is 0 Å². The van der Waals surface area contributed by atoms with Crippen LogP contribution in [0.5, 0.6) is 0 Å². The molecule has 0 unspecified atom stereocenters. The van der Waals surface area contributed by atoms with Crippen LogP contribution in [0.3, 0.4) is 0 Å². The van der Waals surface area contributed by atoms with E-state index in [-0.39, 0.29) is 6.10 Å². The van der Waals surface area contributed by atoms with Gasteiger partial charge in [-0.3, -0.25) is 4.68 Å². The molecule has 2 atom stereocenters. The van der Waals surface area contributed by atoms with Gasteiger partial charge in [-0.25, -0.2) is 4.98 Å². The van der Waals surface area contributed by atoms with Crippen molar-refractivity contribution in [2.45, 2.75) is 44.9 Å². The predicted molar refractivity (Wildman–Crippen MR) is 102 cm³/mol. The van der Waals surface area contributed by atoms with Gasteiger partial charge in [0.25, 0.3) is 0 Å². The van der Waals surface area contributed by atoms with Crippen LogP contribution in [0.15, 0.2) is 36.7 Å². The molecule has 2 aliphatic rings. The summed E-state index contributed by atoms with van der Waals surface area (Å²) in [4.78, 5) is 6.86. The minimum atomic E-state index is 0.179.